The number of hydrogen-bond donors (Lipinski definition) is 3. The van der Waals surface area contributed by atoms with Crippen LogP contribution < -0.4 is 15.7 Å². The van der Waals surface area contributed by atoms with Crippen LogP contribution in [0.3, 0.4) is 0 Å². The summed E-state index contributed by atoms with van der Waals surface area (Å²) < 4.78 is 5.95. The molecule has 0 aliphatic carbocycles. The van der Waals surface area contributed by atoms with Crippen LogP contribution in [0.1, 0.15) is 73.1 Å². The topological polar surface area (TPSA) is 96.5 Å². The zero-order chi connectivity index (χ0) is 22.5. The van der Waals surface area contributed by atoms with E-state index in [-0.39, 0.29) is 34.5 Å². The molecule has 0 heterocycles. The van der Waals surface area contributed by atoms with Gasteiger partial charge in [-0.25, -0.2) is 0 Å². The third kappa shape index (κ3) is 15.0. The summed E-state index contributed by atoms with van der Waals surface area (Å²) in [5, 5.41) is 9.07. The van der Waals surface area contributed by atoms with Crippen molar-refractivity contribution < 1.29 is 19.1 Å². The van der Waals surface area contributed by atoms with Gasteiger partial charge < -0.3 is 15.4 Å². The number of Topliss-reactive ketones (excluding diaryl/α,β-unsaturated/α-hetero) is 1. The minimum Gasteiger partial charge on any atom is -0.375 e. The van der Waals surface area contributed by atoms with Crippen LogP contribution in [0.25, 0.3) is 0 Å². The Morgan fingerprint density at radius 3 is 2.28 bits per heavy atom. The summed E-state index contributed by atoms with van der Waals surface area (Å²) >= 11 is 3.14. The number of rotatable bonds is 16. The highest BCUT2D eigenvalue weighted by Gasteiger charge is 2.24. The zero-order valence-electron chi connectivity index (χ0n) is 18.5. The number of carbonyl (C=O) groups is 3. The van der Waals surface area contributed by atoms with Crippen LogP contribution in [0, 0.1) is 0 Å². The van der Waals surface area contributed by atoms with Gasteiger partial charge >= 0.3 is 0 Å². The lowest BCUT2D eigenvalue weighted by Gasteiger charge is -2.30. The molecule has 0 aliphatic rings. The van der Waals surface area contributed by atoms with Crippen LogP contribution >= 0.6 is 25.3 Å². The summed E-state index contributed by atoms with van der Waals surface area (Å²) in [6.07, 6.45) is 4.20. The summed E-state index contributed by atoms with van der Waals surface area (Å²) in [6.45, 7) is 10.6. The first-order valence-electron chi connectivity index (χ1n) is 10.2. The molecule has 2 amide bonds. The van der Waals surface area contributed by atoms with E-state index in [0.717, 1.165) is 19.3 Å². The van der Waals surface area contributed by atoms with Gasteiger partial charge in [0.15, 0.2) is 0 Å². The van der Waals surface area contributed by atoms with Gasteiger partial charge in [0, 0.05) is 25.1 Å². The van der Waals surface area contributed by atoms with Crippen molar-refractivity contribution in [2.75, 3.05) is 18.5 Å². The number of alkyl halides is 1. The Hall–Kier alpha value is -0.560. The van der Waals surface area contributed by atoms with Gasteiger partial charge in [-0.1, -0.05) is 25.3 Å². The van der Waals surface area contributed by atoms with Gasteiger partial charge in [-0.2, -0.15) is 0 Å². The van der Waals surface area contributed by atoms with Crippen molar-refractivity contribution >= 4 is 42.9 Å². The molecule has 0 radical (unpaired) electrons. The van der Waals surface area contributed by atoms with Crippen molar-refractivity contribution in [3.8, 4) is 0 Å². The first-order valence-corrected chi connectivity index (χ1v) is 11.9. The Labute approximate surface area is 186 Å². The van der Waals surface area contributed by atoms with E-state index in [1.807, 2.05) is 27.7 Å². The van der Waals surface area contributed by atoms with Gasteiger partial charge in [0.25, 0.3) is 0 Å². The predicted octanol–water partition coefficient (Wildman–Crippen LogP) is 2.87. The number of nitrogens with one attached hydrogen (secondary N) is 3. The number of amides is 2. The molecule has 0 aliphatic heterocycles. The fourth-order valence-corrected chi connectivity index (χ4v) is 3.28. The molecule has 0 aromatic rings. The minimum absolute atomic E-state index is 0.0129. The van der Waals surface area contributed by atoms with Crippen molar-refractivity contribution in [3.05, 3.63) is 0 Å². The summed E-state index contributed by atoms with van der Waals surface area (Å²) in [4.78, 5) is 34.9. The van der Waals surface area contributed by atoms with Crippen molar-refractivity contribution in [2.24, 2.45) is 0 Å². The van der Waals surface area contributed by atoms with Crippen molar-refractivity contribution in [2.45, 2.75) is 90.3 Å². The Bertz CT molecular complexity index is 530. The van der Waals surface area contributed by atoms with E-state index in [1.165, 1.54) is 0 Å². The second kappa shape index (κ2) is 14.4. The van der Waals surface area contributed by atoms with Gasteiger partial charge in [-0.15, -0.1) is 0 Å². The molecule has 0 bridgehead atoms. The summed E-state index contributed by atoms with van der Waals surface area (Å²) in [7, 11) is 2.38. The number of halogens is 1. The highest BCUT2D eigenvalue weighted by Crippen LogP contribution is 2.19. The number of ether oxygens (including phenoxy) is 1. The first kappa shape index (κ1) is 28.4. The number of hydrogen-bond acceptors (Lipinski definition) is 5. The molecule has 0 spiro atoms. The van der Waals surface area contributed by atoms with Gasteiger partial charge in [-0.05, 0) is 66.7 Å². The average molecular weight is 496 g/mol. The lowest BCUT2D eigenvalue weighted by Crippen LogP contribution is -2.45. The van der Waals surface area contributed by atoms with E-state index in [1.54, 1.807) is 6.92 Å². The molecule has 7 nitrogen and oxygen atoms in total. The van der Waals surface area contributed by atoms with E-state index in [2.05, 4.69) is 41.0 Å². The number of ketones is 1. The van der Waals surface area contributed by atoms with Gasteiger partial charge in [-0.3, -0.25) is 19.5 Å². The lowest BCUT2D eigenvalue weighted by molar-refractivity contribution is -0.123. The quantitative estimate of drug-likeness (QED) is 0.174. The highest BCUT2D eigenvalue weighted by molar-refractivity contribution is 9.09. The molecule has 170 valence electrons. The summed E-state index contributed by atoms with van der Waals surface area (Å²) in [5.74, 6) is 0.0895. The summed E-state index contributed by atoms with van der Waals surface area (Å²) in [6, 6.07) is -0.133. The predicted molar refractivity (Wildman–Crippen MR) is 124 cm³/mol. The Kier molecular flexibility index (Phi) is 14.2. The molecule has 9 heteroatoms. The molecule has 0 aromatic carbocycles. The van der Waals surface area contributed by atoms with E-state index in [4.69, 9.17) is 4.74 Å². The van der Waals surface area contributed by atoms with E-state index in [9.17, 15) is 14.4 Å². The average Bonchev–Trinajstić information content (AvgIpc) is 2.61. The second-order valence-electron chi connectivity index (χ2n) is 8.60. The number of unbranched alkanes of at least 4 members (excludes halogenated alkanes) is 1. The second-order valence-corrected chi connectivity index (χ2v) is 9.49. The largest absolute Gasteiger partial charge is 0.375 e. The molecule has 29 heavy (non-hydrogen) atoms. The van der Waals surface area contributed by atoms with Crippen LogP contribution in [0.5, 0.6) is 0 Å². The molecule has 2 unspecified atom stereocenters. The normalized spacial score (nSPS) is 13.1. The van der Waals surface area contributed by atoms with Crippen LogP contribution in [0.15, 0.2) is 0 Å². The molecular formula is C20H39BrN3O4P. The zero-order valence-corrected chi connectivity index (χ0v) is 21.3. The summed E-state index contributed by atoms with van der Waals surface area (Å²) in [5.41, 5.74) is -0.752. The fourth-order valence-electron chi connectivity index (χ4n) is 2.74. The maximum absolute atomic E-state index is 12.1. The van der Waals surface area contributed by atoms with Gasteiger partial charge in [0.1, 0.15) is 5.78 Å². The standard InChI is InChI=1S/C20H39BrN3O4P/c1-15(25)16(24-29)8-6-7-12-22-17(26)9-10-20(4,5)28-13-11-19(2,3)23-18(27)14-21/h16,24H,6-14,29H2,1-5H3,(H,22,26)(H,23,27). The van der Waals surface area contributed by atoms with Crippen LogP contribution in [-0.4, -0.2) is 53.3 Å². The van der Waals surface area contributed by atoms with E-state index < -0.39 is 5.60 Å². The molecule has 0 aromatic heterocycles. The van der Waals surface area contributed by atoms with E-state index >= 15 is 0 Å². The Morgan fingerprint density at radius 1 is 1.07 bits per heavy atom. The maximum Gasteiger partial charge on any atom is 0.231 e. The van der Waals surface area contributed by atoms with Crippen molar-refractivity contribution in [3.63, 3.8) is 0 Å². The van der Waals surface area contributed by atoms with Gasteiger partial charge in [0.05, 0.1) is 17.0 Å². The minimum atomic E-state index is -0.411. The number of carbonyl (C=O) groups excluding carboxylic acids is 3. The SMILES string of the molecule is CC(=O)C(CCCCNC(=O)CCC(C)(C)OCCC(C)(C)NC(=O)CBr)NP. The van der Waals surface area contributed by atoms with Crippen molar-refractivity contribution in [1.29, 1.82) is 0 Å². The Morgan fingerprint density at radius 2 is 1.72 bits per heavy atom. The Balaban J connectivity index is 4.00. The fraction of sp³-hybridized carbons (Fsp3) is 0.850. The van der Waals surface area contributed by atoms with E-state index in [0.29, 0.717) is 32.4 Å². The first-order chi connectivity index (χ1) is 13.4. The molecular weight excluding hydrogens is 457 g/mol. The molecule has 0 saturated heterocycles. The van der Waals surface area contributed by atoms with Gasteiger partial charge in [0.2, 0.25) is 11.8 Å². The molecule has 0 saturated carbocycles. The molecule has 2 atom stereocenters. The molecule has 0 rings (SSSR count). The van der Waals surface area contributed by atoms with Crippen LogP contribution in [0.4, 0.5) is 0 Å². The van der Waals surface area contributed by atoms with Crippen molar-refractivity contribution in [1.82, 2.24) is 15.7 Å². The smallest absolute Gasteiger partial charge is 0.231 e. The third-order valence-corrected chi connectivity index (χ3v) is 5.62. The monoisotopic (exact) mass is 495 g/mol. The molecule has 0 fully saturated rings. The van der Waals surface area contributed by atoms with Crippen LogP contribution in [0.2, 0.25) is 0 Å². The lowest BCUT2D eigenvalue weighted by atomic mass is 9.99. The maximum atomic E-state index is 12.1. The highest BCUT2D eigenvalue weighted by atomic mass is 79.9. The third-order valence-electron chi connectivity index (χ3n) is 4.71. The molecule has 3 N–H and O–H groups in total. The van der Waals surface area contributed by atoms with Crippen LogP contribution in [-0.2, 0) is 19.1 Å².